The zero-order valence-corrected chi connectivity index (χ0v) is 15.1. The van der Waals surface area contributed by atoms with E-state index in [2.05, 4.69) is 56.9 Å². The predicted octanol–water partition coefficient (Wildman–Crippen LogP) is 3.10. The second-order valence-electron chi connectivity index (χ2n) is 7.08. The van der Waals surface area contributed by atoms with Crippen LogP contribution in [-0.4, -0.2) is 49.2 Å². The zero-order chi connectivity index (χ0) is 17.1. The van der Waals surface area contributed by atoms with Crippen LogP contribution in [0.25, 0.3) is 0 Å². The highest BCUT2D eigenvalue weighted by molar-refractivity contribution is 5.51. The van der Waals surface area contributed by atoms with Crippen LogP contribution in [-0.2, 0) is 0 Å². The highest BCUT2D eigenvalue weighted by Gasteiger charge is 2.20. The summed E-state index contributed by atoms with van der Waals surface area (Å²) in [6, 6.07) is 10.8. The van der Waals surface area contributed by atoms with E-state index in [-0.39, 0.29) is 0 Å². The Morgan fingerprint density at radius 2 is 1.56 bits per heavy atom. The van der Waals surface area contributed by atoms with Gasteiger partial charge in [0.05, 0.1) is 0 Å². The number of anilines is 3. The number of nitrogens with zero attached hydrogens (tertiary/aromatic N) is 5. The first-order valence-electron chi connectivity index (χ1n) is 9.44. The molecule has 1 aromatic carbocycles. The predicted molar refractivity (Wildman–Crippen MR) is 104 cm³/mol. The van der Waals surface area contributed by atoms with Crippen molar-refractivity contribution in [3.63, 3.8) is 0 Å². The zero-order valence-electron chi connectivity index (χ0n) is 15.1. The van der Waals surface area contributed by atoms with Gasteiger partial charge in [-0.2, -0.15) is 4.98 Å². The van der Waals surface area contributed by atoms with Crippen molar-refractivity contribution in [2.45, 2.75) is 26.2 Å². The molecule has 132 valence electrons. The van der Waals surface area contributed by atoms with Crippen LogP contribution in [0.4, 0.5) is 17.5 Å². The molecular weight excluding hydrogens is 310 g/mol. The van der Waals surface area contributed by atoms with Crippen LogP contribution in [0, 0.1) is 6.92 Å². The van der Waals surface area contributed by atoms with Crippen molar-refractivity contribution in [3.05, 3.63) is 42.1 Å². The second-order valence-corrected chi connectivity index (χ2v) is 7.08. The van der Waals surface area contributed by atoms with Gasteiger partial charge >= 0.3 is 0 Å². The fraction of sp³-hybridized carbons (Fsp3) is 0.500. The van der Waals surface area contributed by atoms with Crippen LogP contribution in [0.2, 0.25) is 0 Å². The minimum Gasteiger partial charge on any atom is -0.368 e. The number of rotatable bonds is 3. The molecule has 2 aliphatic rings. The SMILES string of the molecule is Cc1cccc(N2CCN(c3ccnc(N4CCCCC4)n3)CC2)c1. The molecule has 2 fully saturated rings. The van der Waals surface area contributed by atoms with Gasteiger partial charge in [0, 0.05) is 51.2 Å². The van der Waals surface area contributed by atoms with E-state index in [0.717, 1.165) is 51.0 Å². The lowest BCUT2D eigenvalue weighted by atomic mass is 10.1. The third kappa shape index (κ3) is 3.70. The first kappa shape index (κ1) is 16.2. The van der Waals surface area contributed by atoms with Crippen molar-refractivity contribution in [3.8, 4) is 0 Å². The monoisotopic (exact) mass is 337 g/mol. The van der Waals surface area contributed by atoms with Gasteiger partial charge in [0.15, 0.2) is 0 Å². The summed E-state index contributed by atoms with van der Waals surface area (Å²) in [4.78, 5) is 16.6. The van der Waals surface area contributed by atoms with E-state index >= 15 is 0 Å². The summed E-state index contributed by atoms with van der Waals surface area (Å²) in [6.07, 6.45) is 5.75. The Balaban J connectivity index is 1.42. The maximum Gasteiger partial charge on any atom is 0.227 e. The van der Waals surface area contributed by atoms with Gasteiger partial charge < -0.3 is 14.7 Å². The molecule has 0 atom stereocenters. The van der Waals surface area contributed by atoms with Gasteiger partial charge in [-0.05, 0) is 49.9 Å². The molecule has 0 bridgehead atoms. The lowest BCUT2D eigenvalue weighted by Gasteiger charge is -2.37. The third-order valence-corrected chi connectivity index (χ3v) is 5.24. The molecule has 5 heteroatoms. The lowest BCUT2D eigenvalue weighted by molar-refractivity contribution is 0.567. The van der Waals surface area contributed by atoms with Crippen molar-refractivity contribution >= 4 is 17.5 Å². The van der Waals surface area contributed by atoms with Crippen molar-refractivity contribution in [2.75, 3.05) is 54.0 Å². The van der Waals surface area contributed by atoms with Crippen LogP contribution >= 0.6 is 0 Å². The molecule has 0 saturated carbocycles. The minimum atomic E-state index is 0.901. The summed E-state index contributed by atoms with van der Waals surface area (Å²) < 4.78 is 0. The molecule has 3 heterocycles. The lowest BCUT2D eigenvalue weighted by Crippen LogP contribution is -2.47. The molecule has 2 aromatic rings. The highest BCUT2D eigenvalue weighted by atomic mass is 15.3. The van der Waals surface area contributed by atoms with Crippen molar-refractivity contribution in [1.82, 2.24) is 9.97 Å². The van der Waals surface area contributed by atoms with Crippen LogP contribution in [0.3, 0.4) is 0 Å². The molecule has 1 aromatic heterocycles. The van der Waals surface area contributed by atoms with Gasteiger partial charge in [-0.15, -0.1) is 0 Å². The maximum atomic E-state index is 4.85. The topological polar surface area (TPSA) is 35.5 Å². The van der Waals surface area contributed by atoms with Crippen LogP contribution in [0.1, 0.15) is 24.8 Å². The summed E-state index contributed by atoms with van der Waals surface area (Å²) in [5.41, 5.74) is 2.65. The Kier molecular flexibility index (Phi) is 4.72. The van der Waals surface area contributed by atoms with Crippen LogP contribution in [0.15, 0.2) is 36.5 Å². The average molecular weight is 337 g/mol. The number of piperidine rings is 1. The van der Waals surface area contributed by atoms with Gasteiger partial charge in [-0.25, -0.2) is 4.98 Å². The van der Waals surface area contributed by atoms with E-state index in [0.29, 0.717) is 0 Å². The molecule has 0 radical (unpaired) electrons. The standard InChI is InChI=1S/C20H27N5/c1-17-6-5-7-18(16-17)23-12-14-24(15-13-23)19-8-9-21-20(22-19)25-10-3-2-4-11-25/h5-9,16H,2-4,10-15H2,1H3. The molecule has 0 amide bonds. The van der Waals surface area contributed by atoms with E-state index in [1.807, 2.05) is 6.20 Å². The molecular formula is C20H27N5. The molecule has 0 unspecified atom stereocenters. The van der Waals surface area contributed by atoms with Crippen LogP contribution < -0.4 is 14.7 Å². The fourth-order valence-corrected chi connectivity index (χ4v) is 3.78. The quantitative estimate of drug-likeness (QED) is 0.860. The van der Waals surface area contributed by atoms with Crippen molar-refractivity contribution in [2.24, 2.45) is 0 Å². The van der Waals surface area contributed by atoms with Gasteiger partial charge in [0.2, 0.25) is 5.95 Å². The molecule has 2 saturated heterocycles. The Hall–Kier alpha value is -2.30. The van der Waals surface area contributed by atoms with Gasteiger partial charge in [0.25, 0.3) is 0 Å². The molecule has 2 aliphatic heterocycles. The van der Waals surface area contributed by atoms with E-state index in [9.17, 15) is 0 Å². The van der Waals surface area contributed by atoms with Crippen molar-refractivity contribution < 1.29 is 0 Å². The molecule has 25 heavy (non-hydrogen) atoms. The van der Waals surface area contributed by atoms with E-state index in [1.165, 1.54) is 30.5 Å². The molecule has 0 aliphatic carbocycles. The van der Waals surface area contributed by atoms with Gasteiger partial charge in [-0.1, -0.05) is 12.1 Å². The number of hydrogen-bond acceptors (Lipinski definition) is 5. The molecule has 4 rings (SSSR count). The summed E-state index contributed by atoms with van der Waals surface area (Å²) >= 11 is 0. The van der Waals surface area contributed by atoms with Crippen molar-refractivity contribution in [1.29, 1.82) is 0 Å². The van der Waals surface area contributed by atoms with E-state index in [1.54, 1.807) is 0 Å². The minimum absolute atomic E-state index is 0.901. The maximum absolute atomic E-state index is 4.85. The van der Waals surface area contributed by atoms with Gasteiger partial charge in [0.1, 0.15) is 5.82 Å². The third-order valence-electron chi connectivity index (χ3n) is 5.24. The van der Waals surface area contributed by atoms with E-state index in [4.69, 9.17) is 4.98 Å². The number of aromatic nitrogens is 2. The average Bonchev–Trinajstić information content (AvgIpc) is 2.69. The molecule has 5 nitrogen and oxygen atoms in total. The van der Waals surface area contributed by atoms with Crippen LogP contribution in [0.5, 0.6) is 0 Å². The first-order chi connectivity index (χ1) is 12.3. The molecule has 0 N–H and O–H groups in total. The number of piperazine rings is 1. The fourth-order valence-electron chi connectivity index (χ4n) is 3.78. The Morgan fingerprint density at radius 1 is 0.800 bits per heavy atom. The Bertz CT molecular complexity index is 703. The normalized spacial score (nSPS) is 18.5. The smallest absolute Gasteiger partial charge is 0.227 e. The highest BCUT2D eigenvalue weighted by Crippen LogP contribution is 2.22. The summed E-state index contributed by atoms with van der Waals surface area (Å²) in [6.45, 7) is 8.41. The number of benzene rings is 1. The first-order valence-corrected chi connectivity index (χ1v) is 9.44. The Morgan fingerprint density at radius 3 is 2.32 bits per heavy atom. The summed E-state index contributed by atoms with van der Waals surface area (Å²) in [5.74, 6) is 1.97. The molecule has 0 spiro atoms. The Labute approximate surface area is 150 Å². The number of aryl methyl sites for hydroxylation is 1. The largest absolute Gasteiger partial charge is 0.368 e. The number of hydrogen-bond donors (Lipinski definition) is 0. The summed E-state index contributed by atoms with van der Waals surface area (Å²) in [7, 11) is 0. The van der Waals surface area contributed by atoms with E-state index < -0.39 is 0 Å². The second kappa shape index (κ2) is 7.30. The summed E-state index contributed by atoms with van der Waals surface area (Å²) in [5, 5.41) is 0. The van der Waals surface area contributed by atoms with Gasteiger partial charge in [-0.3, -0.25) is 0 Å².